The first-order valence-electron chi connectivity index (χ1n) is 7.26. The van der Waals surface area contributed by atoms with Crippen LogP contribution in [0, 0.1) is 0 Å². The summed E-state index contributed by atoms with van der Waals surface area (Å²) in [7, 11) is 0. The van der Waals surface area contributed by atoms with Gasteiger partial charge in [0.25, 0.3) is 0 Å². The normalized spacial score (nSPS) is 17.7. The summed E-state index contributed by atoms with van der Waals surface area (Å²) in [5.41, 5.74) is 3.52. The third-order valence-corrected chi connectivity index (χ3v) is 4.39. The third kappa shape index (κ3) is 3.53. The van der Waals surface area contributed by atoms with Crippen LogP contribution >= 0.6 is 12.0 Å². The first-order valence-corrected chi connectivity index (χ1v) is 8.07. The maximum atomic E-state index is 9.69. The van der Waals surface area contributed by atoms with Crippen LogP contribution < -0.4 is 4.89 Å². The minimum atomic E-state index is -0.376. The summed E-state index contributed by atoms with van der Waals surface area (Å²) in [5.74, 6) is 0.669. The Morgan fingerprint density at radius 3 is 2.59 bits per heavy atom. The third-order valence-electron chi connectivity index (χ3n) is 3.50. The quantitative estimate of drug-likeness (QED) is 0.482. The van der Waals surface area contributed by atoms with Crippen LogP contribution in [0.1, 0.15) is 29.7 Å². The molecule has 0 aliphatic heterocycles. The van der Waals surface area contributed by atoms with Crippen molar-refractivity contribution in [1.82, 2.24) is 0 Å². The molecule has 1 N–H and O–H groups in total. The van der Waals surface area contributed by atoms with Gasteiger partial charge in [0.05, 0.1) is 23.4 Å². The van der Waals surface area contributed by atoms with Crippen LogP contribution in [0.25, 0.3) is 6.08 Å². The number of rotatable bonds is 6. The first-order chi connectivity index (χ1) is 10.7. The molecule has 1 aliphatic carbocycles. The molecule has 0 radical (unpaired) electrons. The lowest BCUT2D eigenvalue weighted by molar-refractivity contribution is -0.0783. The highest BCUT2D eigenvalue weighted by molar-refractivity contribution is 7.95. The van der Waals surface area contributed by atoms with Crippen molar-refractivity contribution >= 4 is 18.1 Å². The second-order valence-corrected chi connectivity index (χ2v) is 6.14. The van der Waals surface area contributed by atoms with Gasteiger partial charge in [-0.25, -0.2) is 0 Å². The SMILES string of the molecule is C[C@H](O)CC1=Cc2ccccc2C1SOOc1ccccc1. The second kappa shape index (κ2) is 7.01. The van der Waals surface area contributed by atoms with Crippen molar-refractivity contribution in [2.24, 2.45) is 0 Å². The Hall–Kier alpha value is -1.75. The predicted octanol–water partition coefficient (Wildman–Crippen LogP) is 4.55. The van der Waals surface area contributed by atoms with Crippen LogP contribution in [0.4, 0.5) is 0 Å². The summed E-state index contributed by atoms with van der Waals surface area (Å²) < 4.78 is 5.37. The van der Waals surface area contributed by atoms with E-state index in [4.69, 9.17) is 9.22 Å². The fraction of sp³-hybridized carbons (Fsp3) is 0.222. The van der Waals surface area contributed by atoms with E-state index in [1.54, 1.807) is 6.92 Å². The molecule has 0 amide bonds. The monoisotopic (exact) mass is 314 g/mol. The van der Waals surface area contributed by atoms with E-state index in [1.165, 1.54) is 23.2 Å². The zero-order valence-corrected chi connectivity index (χ0v) is 13.1. The Labute approximate surface area is 134 Å². The molecule has 3 rings (SSSR count). The van der Waals surface area contributed by atoms with E-state index < -0.39 is 0 Å². The number of benzene rings is 2. The molecule has 1 aliphatic rings. The van der Waals surface area contributed by atoms with Gasteiger partial charge >= 0.3 is 0 Å². The largest absolute Gasteiger partial charge is 0.393 e. The van der Waals surface area contributed by atoms with E-state index in [0.717, 1.165) is 5.57 Å². The summed E-state index contributed by atoms with van der Waals surface area (Å²) in [6, 6.07) is 17.6. The highest BCUT2D eigenvalue weighted by Gasteiger charge is 2.27. The van der Waals surface area contributed by atoms with E-state index in [0.29, 0.717) is 12.2 Å². The molecule has 22 heavy (non-hydrogen) atoms. The predicted molar refractivity (Wildman–Crippen MR) is 89.2 cm³/mol. The second-order valence-electron chi connectivity index (χ2n) is 5.34. The summed E-state index contributed by atoms with van der Waals surface area (Å²) >= 11 is 1.27. The lowest BCUT2D eigenvalue weighted by atomic mass is 10.1. The molecular formula is C18H18O3S. The van der Waals surface area contributed by atoms with Gasteiger partial charge in [0.15, 0.2) is 5.75 Å². The van der Waals surface area contributed by atoms with Gasteiger partial charge in [-0.05, 0) is 42.2 Å². The van der Waals surface area contributed by atoms with Crippen molar-refractivity contribution in [3.63, 3.8) is 0 Å². The van der Waals surface area contributed by atoms with Gasteiger partial charge in [-0.2, -0.15) is 0 Å². The van der Waals surface area contributed by atoms with Gasteiger partial charge in [0.2, 0.25) is 0 Å². The summed E-state index contributed by atoms with van der Waals surface area (Å²) in [6.45, 7) is 1.80. The van der Waals surface area contributed by atoms with Crippen LogP contribution in [-0.2, 0) is 4.33 Å². The van der Waals surface area contributed by atoms with Crippen molar-refractivity contribution < 1.29 is 14.3 Å². The molecule has 2 aromatic carbocycles. The molecule has 2 atom stereocenters. The zero-order valence-electron chi connectivity index (χ0n) is 12.3. The van der Waals surface area contributed by atoms with Gasteiger partial charge in [0, 0.05) is 0 Å². The maximum absolute atomic E-state index is 9.69. The molecule has 0 spiro atoms. The summed E-state index contributed by atoms with van der Waals surface area (Å²) in [6.07, 6.45) is 2.38. The number of hydrogen-bond acceptors (Lipinski definition) is 4. The van der Waals surface area contributed by atoms with E-state index >= 15 is 0 Å². The summed E-state index contributed by atoms with van der Waals surface area (Å²) in [5, 5.41) is 9.74. The number of para-hydroxylation sites is 1. The van der Waals surface area contributed by atoms with E-state index in [2.05, 4.69) is 18.2 Å². The molecule has 2 aromatic rings. The van der Waals surface area contributed by atoms with Gasteiger partial charge in [0.1, 0.15) is 0 Å². The molecule has 0 saturated heterocycles. The number of aliphatic hydroxyl groups is 1. The zero-order chi connectivity index (χ0) is 15.4. The van der Waals surface area contributed by atoms with Crippen LogP contribution in [0.5, 0.6) is 5.75 Å². The van der Waals surface area contributed by atoms with Crippen molar-refractivity contribution in [2.45, 2.75) is 24.7 Å². The minimum Gasteiger partial charge on any atom is -0.393 e. The Kier molecular flexibility index (Phi) is 4.83. The van der Waals surface area contributed by atoms with Crippen LogP contribution in [-0.4, -0.2) is 11.2 Å². The van der Waals surface area contributed by atoms with Gasteiger partial charge in [-0.15, -0.1) is 4.33 Å². The number of aliphatic hydroxyl groups excluding tert-OH is 1. The fourth-order valence-electron chi connectivity index (χ4n) is 2.55. The standard InChI is InChI=1S/C18H18O3S/c1-13(19)11-15-12-14-7-5-6-10-17(14)18(15)22-21-20-16-8-3-2-4-9-16/h2-10,12-13,18-19H,11H2,1H3/t13-,18?/m0/s1. The van der Waals surface area contributed by atoms with Crippen LogP contribution in [0.2, 0.25) is 0 Å². The maximum Gasteiger partial charge on any atom is 0.166 e. The molecule has 0 aromatic heterocycles. The Bertz CT molecular complexity index is 652. The Morgan fingerprint density at radius 2 is 1.82 bits per heavy atom. The van der Waals surface area contributed by atoms with E-state index in [1.807, 2.05) is 42.5 Å². The molecule has 0 heterocycles. The van der Waals surface area contributed by atoms with Crippen molar-refractivity contribution in [1.29, 1.82) is 0 Å². The Balaban J connectivity index is 1.68. The topological polar surface area (TPSA) is 38.7 Å². The van der Waals surface area contributed by atoms with Gasteiger partial charge < -0.3 is 9.99 Å². The minimum absolute atomic E-state index is 0.0505. The molecular weight excluding hydrogens is 296 g/mol. The fourth-order valence-corrected chi connectivity index (χ4v) is 3.35. The first kappa shape index (κ1) is 15.2. The van der Waals surface area contributed by atoms with Crippen LogP contribution in [0.3, 0.4) is 0 Å². The highest BCUT2D eigenvalue weighted by Crippen LogP contribution is 2.46. The lowest BCUT2D eigenvalue weighted by Crippen LogP contribution is -2.05. The van der Waals surface area contributed by atoms with Gasteiger partial charge in [-0.3, -0.25) is 0 Å². The Morgan fingerprint density at radius 1 is 1.09 bits per heavy atom. The lowest BCUT2D eigenvalue weighted by Gasteiger charge is -2.16. The molecule has 1 unspecified atom stereocenters. The molecule has 3 nitrogen and oxygen atoms in total. The van der Waals surface area contributed by atoms with Crippen molar-refractivity contribution in [2.75, 3.05) is 0 Å². The van der Waals surface area contributed by atoms with E-state index in [9.17, 15) is 5.11 Å². The molecule has 0 bridgehead atoms. The smallest absolute Gasteiger partial charge is 0.166 e. The van der Waals surface area contributed by atoms with Crippen LogP contribution in [0.15, 0.2) is 60.2 Å². The molecule has 0 fully saturated rings. The number of fused-ring (bicyclic) bond motifs is 1. The van der Waals surface area contributed by atoms with Crippen molar-refractivity contribution in [3.8, 4) is 5.75 Å². The highest BCUT2D eigenvalue weighted by atomic mass is 32.2. The van der Waals surface area contributed by atoms with E-state index in [-0.39, 0.29) is 11.4 Å². The molecule has 114 valence electrons. The summed E-state index contributed by atoms with van der Waals surface area (Å²) in [4.78, 5) is 5.31. The van der Waals surface area contributed by atoms with Gasteiger partial charge in [-0.1, -0.05) is 48.5 Å². The number of hydrogen-bond donors (Lipinski definition) is 1. The average molecular weight is 314 g/mol. The molecule has 0 saturated carbocycles. The molecule has 4 heteroatoms. The average Bonchev–Trinajstić information content (AvgIpc) is 2.85. The van der Waals surface area contributed by atoms with Crippen molar-refractivity contribution in [3.05, 3.63) is 71.3 Å².